The van der Waals surface area contributed by atoms with Gasteiger partial charge in [0, 0.05) is 25.4 Å². The molecule has 1 saturated heterocycles. The van der Waals surface area contributed by atoms with Crippen molar-refractivity contribution in [2.24, 2.45) is 0 Å². The number of amides is 3. The molecule has 2 heterocycles. The smallest absolute Gasteiger partial charge is 0.416 e. The van der Waals surface area contributed by atoms with Crippen molar-refractivity contribution in [3.8, 4) is 0 Å². The van der Waals surface area contributed by atoms with Crippen molar-refractivity contribution >= 4 is 17.6 Å². The predicted octanol–water partition coefficient (Wildman–Crippen LogP) is 5.68. The van der Waals surface area contributed by atoms with Gasteiger partial charge in [-0.3, -0.25) is 4.79 Å². The Kier molecular flexibility index (Phi) is 8.67. The topological polar surface area (TPSA) is 75.0 Å². The Labute approximate surface area is 217 Å². The first-order valence-electron chi connectivity index (χ1n) is 12.1. The third-order valence-corrected chi connectivity index (χ3v) is 6.09. The monoisotopic (exact) mass is 533 g/mol. The van der Waals surface area contributed by atoms with E-state index in [2.05, 4.69) is 5.32 Å². The molecular weight excluding hydrogens is 506 g/mol. The summed E-state index contributed by atoms with van der Waals surface area (Å²) < 4.78 is 63.1. The molecule has 1 aromatic heterocycles. The van der Waals surface area contributed by atoms with E-state index in [1.165, 1.54) is 28.2 Å². The normalized spacial score (nSPS) is 15.3. The molecule has 202 valence electrons. The van der Waals surface area contributed by atoms with Crippen molar-refractivity contribution in [1.29, 1.82) is 0 Å². The molecule has 2 aromatic carbocycles. The van der Waals surface area contributed by atoms with Gasteiger partial charge in [-0.1, -0.05) is 12.1 Å². The molecule has 3 aromatic rings. The largest absolute Gasteiger partial charge is 0.467 e. The van der Waals surface area contributed by atoms with Crippen molar-refractivity contribution in [1.82, 2.24) is 9.80 Å². The van der Waals surface area contributed by atoms with Gasteiger partial charge in [0.15, 0.2) is 0 Å². The van der Waals surface area contributed by atoms with Crippen molar-refractivity contribution in [2.45, 2.75) is 38.2 Å². The van der Waals surface area contributed by atoms with Crippen molar-refractivity contribution in [2.75, 3.05) is 25.0 Å². The molecule has 11 heteroatoms. The van der Waals surface area contributed by atoms with Crippen LogP contribution >= 0.6 is 0 Å². The van der Waals surface area contributed by atoms with Crippen LogP contribution in [0, 0.1) is 5.82 Å². The lowest BCUT2D eigenvalue weighted by Crippen LogP contribution is -2.46. The molecule has 3 amide bonds. The van der Waals surface area contributed by atoms with Crippen LogP contribution in [-0.4, -0.2) is 47.5 Å². The molecule has 1 atom stereocenters. The lowest BCUT2D eigenvalue weighted by molar-refractivity contribution is -0.137. The number of hydrogen-bond acceptors (Lipinski definition) is 4. The molecule has 1 N–H and O–H groups in total. The predicted molar refractivity (Wildman–Crippen MR) is 130 cm³/mol. The lowest BCUT2D eigenvalue weighted by Gasteiger charge is -2.29. The first-order valence-corrected chi connectivity index (χ1v) is 12.1. The molecule has 0 radical (unpaired) electrons. The number of nitrogens with zero attached hydrogens (tertiary/aromatic N) is 2. The number of benzene rings is 2. The van der Waals surface area contributed by atoms with E-state index in [0.29, 0.717) is 24.4 Å². The highest BCUT2D eigenvalue weighted by atomic mass is 19.4. The number of anilines is 1. The Bertz CT molecular complexity index is 1190. The summed E-state index contributed by atoms with van der Waals surface area (Å²) in [6, 6.07) is 12.6. The summed E-state index contributed by atoms with van der Waals surface area (Å²) in [6.45, 7) is 0.630. The molecule has 4 rings (SSSR count). The van der Waals surface area contributed by atoms with Crippen molar-refractivity contribution in [3.63, 3.8) is 0 Å². The van der Waals surface area contributed by atoms with Crippen LogP contribution in [0.3, 0.4) is 0 Å². The SMILES string of the molecule is O=C(CN(CC1CCCO1)C(=O)Nc1ccc(C(F)(F)F)cc1)N(Cc1ccc(F)cc1)Cc1ccco1. The Balaban J connectivity index is 1.50. The molecule has 7 nitrogen and oxygen atoms in total. The van der Waals surface area contributed by atoms with Gasteiger partial charge >= 0.3 is 12.2 Å². The number of urea groups is 1. The van der Waals surface area contributed by atoms with Gasteiger partial charge in [-0.05, 0) is 66.9 Å². The average Bonchev–Trinajstić information content (AvgIpc) is 3.59. The fraction of sp³-hybridized carbons (Fsp3) is 0.333. The van der Waals surface area contributed by atoms with Gasteiger partial charge in [0.1, 0.15) is 18.1 Å². The zero-order valence-electron chi connectivity index (χ0n) is 20.4. The number of ether oxygens (including phenoxy) is 1. The Morgan fingerprint density at radius 3 is 2.32 bits per heavy atom. The van der Waals surface area contributed by atoms with Gasteiger partial charge in [0.05, 0.1) is 24.5 Å². The van der Waals surface area contributed by atoms with E-state index in [4.69, 9.17) is 9.15 Å². The minimum absolute atomic E-state index is 0.123. The maximum Gasteiger partial charge on any atom is 0.416 e. The van der Waals surface area contributed by atoms with Crippen LogP contribution in [0.25, 0.3) is 0 Å². The molecular formula is C27H27F4N3O4. The second-order valence-electron chi connectivity index (χ2n) is 8.98. The fourth-order valence-electron chi connectivity index (χ4n) is 4.09. The second-order valence-corrected chi connectivity index (χ2v) is 8.98. The Hall–Kier alpha value is -3.86. The molecule has 1 aliphatic rings. The van der Waals surface area contributed by atoms with E-state index >= 15 is 0 Å². The van der Waals surface area contributed by atoms with E-state index in [-0.39, 0.29) is 38.0 Å². The highest BCUT2D eigenvalue weighted by molar-refractivity contribution is 5.92. The highest BCUT2D eigenvalue weighted by Crippen LogP contribution is 2.30. The average molecular weight is 534 g/mol. The molecule has 0 spiro atoms. The van der Waals surface area contributed by atoms with Crippen LogP contribution in [0.2, 0.25) is 0 Å². The number of carbonyl (C=O) groups is 2. The molecule has 0 saturated carbocycles. The van der Waals surface area contributed by atoms with E-state index in [1.807, 2.05) is 0 Å². The summed E-state index contributed by atoms with van der Waals surface area (Å²) >= 11 is 0. The number of rotatable bonds is 9. The third-order valence-electron chi connectivity index (χ3n) is 6.09. The fourth-order valence-corrected chi connectivity index (χ4v) is 4.09. The number of alkyl halides is 3. The summed E-state index contributed by atoms with van der Waals surface area (Å²) in [7, 11) is 0. The van der Waals surface area contributed by atoms with Crippen LogP contribution in [0.1, 0.15) is 29.7 Å². The highest BCUT2D eigenvalue weighted by Gasteiger charge is 2.30. The Morgan fingerprint density at radius 1 is 0.974 bits per heavy atom. The molecule has 38 heavy (non-hydrogen) atoms. The number of nitrogens with one attached hydrogen (secondary N) is 1. The van der Waals surface area contributed by atoms with E-state index in [1.54, 1.807) is 24.3 Å². The third kappa shape index (κ3) is 7.58. The van der Waals surface area contributed by atoms with Gasteiger partial charge in [0.2, 0.25) is 5.91 Å². The first-order chi connectivity index (χ1) is 18.2. The zero-order valence-corrected chi connectivity index (χ0v) is 20.4. The molecule has 1 unspecified atom stereocenters. The van der Waals surface area contributed by atoms with Gasteiger partial charge in [-0.15, -0.1) is 0 Å². The number of carbonyl (C=O) groups excluding carboxylic acids is 2. The first kappa shape index (κ1) is 27.2. The summed E-state index contributed by atoms with van der Waals surface area (Å²) in [5.41, 5.74) is 0.00832. The maximum absolute atomic E-state index is 13.5. The van der Waals surface area contributed by atoms with Crippen LogP contribution < -0.4 is 5.32 Å². The minimum Gasteiger partial charge on any atom is -0.467 e. The maximum atomic E-state index is 13.5. The Morgan fingerprint density at radius 2 is 1.71 bits per heavy atom. The summed E-state index contributed by atoms with van der Waals surface area (Å²) in [5, 5.41) is 2.57. The van der Waals surface area contributed by atoms with Crippen LogP contribution in [0.4, 0.5) is 28.0 Å². The standard InChI is InChI=1S/C27H27F4N3O4/c28-21-9-5-19(6-10-21)15-33(16-23-3-1-13-37-23)25(35)18-34(17-24-4-2-14-38-24)26(36)32-22-11-7-20(8-12-22)27(29,30)31/h1,3,5-13,24H,2,4,14-18H2,(H,32,36). The lowest BCUT2D eigenvalue weighted by atomic mass is 10.2. The van der Waals surface area contributed by atoms with Gasteiger partial charge in [-0.2, -0.15) is 13.2 Å². The number of halogens is 4. The van der Waals surface area contributed by atoms with Crippen molar-refractivity contribution in [3.05, 3.63) is 89.6 Å². The molecule has 0 aliphatic carbocycles. The zero-order chi connectivity index (χ0) is 27.1. The molecule has 1 fully saturated rings. The second kappa shape index (κ2) is 12.1. The van der Waals surface area contributed by atoms with Crippen molar-refractivity contribution < 1.29 is 36.3 Å². The van der Waals surface area contributed by atoms with E-state index < -0.39 is 29.5 Å². The molecule has 0 bridgehead atoms. The quantitative estimate of drug-likeness (QED) is 0.359. The van der Waals surface area contributed by atoms with Crippen LogP contribution in [-0.2, 0) is 28.8 Å². The van der Waals surface area contributed by atoms with E-state index in [0.717, 1.165) is 30.7 Å². The summed E-state index contributed by atoms with van der Waals surface area (Å²) in [4.78, 5) is 29.4. The minimum atomic E-state index is -4.50. The summed E-state index contributed by atoms with van der Waals surface area (Å²) in [5.74, 6) is -0.271. The number of hydrogen-bond donors (Lipinski definition) is 1. The van der Waals surface area contributed by atoms with Crippen LogP contribution in [0.5, 0.6) is 0 Å². The van der Waals surface area contributed by atoms with Crippen LogP contribution in [0.15, 0.2) is 71.3 Å². The van der Waals surface area contributed by atoms with Gasteiger partial charge in [0.25, 0.3) is 0 Å². The van der Waals surface area contributed by atoms with E-state index in [9.17, 15) is 27.2 Å². The summed E-state index contributed by atoms with van der Waals surface area (Å²) in [6.07, 6.45) is -1.75. The number of furan rings is 1. The van der Waals surface area contributed by atoms with Gasteiger partial charge < -0.3 is 24.3 Å². The molecule has 1 aliphatic heterocycles. The van der Waals surface area contributed by atoms with Gasteiger partial charge in [-0.25, -0.2) is 9.18 Å².